The van der Waals surface area contributed by atoms with E-state index in [1.807, 2.05) is 6.07 Å². The molecule has 2 rings (SSSR count). The fourth-order valence-corrected chi connectivity index (χ4v) is 2.38. The van der Waals surface area contributed by atoms with Crippen LogP contribution in [-0.2, 0) is 0 Å². The maximum Gasteiger partial charge on any atom is 0.150 e. The Kier molecular flexibility index (Phi) is 4.63. The topological polar surface area (TPSA) is 71.2 Å². The number of halogens is 1. The van der Waals surface area contributed by atoms with Crippen LogP contribution in [0, 0.1) is 11.2 Å². The Bertz CT molecular complexity index is 628. The van der Waals surface area contributed by atoms with Crippen LogP contribution in [0.2, 0.25) is 0 Å². The van der Waals surface area contributed by atoms with Crippen LogP contribution in [0.4, 0.5) is 15.8 Å². The van der Waals surface area contributed by atoms with Crippen LogP contribution in [0.3, 0.4) is 0 Å². The van der Waals surface area contributed by atoms with Gasteiger partial charge in [-0.25, -0.2) is 4.39 Å². The summed E-state index contributed by atoms with van der Waals surface area (Å²) in [5, 5.41) is 12.8. The summed E-state index contributed by atoms with van der Waals surface area (Å²) in [5.41, 5.74) is 7.12. The number of nitrogens with two attached hydrogens (primary N) is 1. The lowest BCUT2D eigenvalue weighted by atomic mass is 9.88. The molecule has 0 saturated heterocycles. The summed E-state index contributed by atoms with van der Waals surface area (Å²) < 4.78 is 14.2. The van der Waals surface area contributed by atoms with Crippen molar-refractivity contribution in [3.63, 3.8) is 0 Å². The first-order valence-corrected chi connectivity index (χ1v) is 7.12. The van der Waals surface area contributed by atoms with E-state index < -0.39 is 5.82 Å². The van der Waals surface area contributed by atoms with Crippen molar-refractivity contribution in [2.45, 2.75) is 26.7 Å². The fraction of sp³-hybridized carbons (Fsp3) is 0.438. The minimum atomic E-state index is -0.392. The fourth-order valence-electron chi connectivity index (χ4n) is 2.38. The average molecular weight is 291 g/mol. The van der Waals surface area contributed by atoms with E-state index >= 15 is 0 Å². The number of pyridine rings is 1. The third-order valence-corrected chi connectivity index (χ3v) is 3.63. The second-order valence-electron chi connectivity index (χ2n) is 6.07. The molecule has 0 saturated carbocycles. The van der Waals surface area contributed by atoms with Crippen molar-refractivity contribution in [3.8, 4) is 0 Å². The van der Waals surface area contributed by atoms with Gasteiger partial charge in [-0.05, 0) is 36.5 Å². The highest BCUT2D eigenvalue weighted by molar-refractivity contribution is 5.98. The number of nitrogens with zero attached hydrogens (tertiary/aromatic N) is 1. The van der Waals surface area contributed by atoms with Gasteiger partial charge in [-0.3, -0.25) is 4.98 Å². The molecule has 0 bridgehead atoms. The number of hydrogen-bond acceptors (Lipinski definition) is 4. The van der Waals surface area contributed by atoms with Crippen molar-refractivity contribution >= 4 is 22.3 Å². The lowest BCUT2D eigenvalue weighted by Gasteiger charge is -2.25. The Hall–Kier alpha value is -1.88. The van der Waals surface area contributed by atoms with Crippen molar-refractivity contribution in [2.24, 2.45) is 5.41 Å². The van der Waals surface area contributed by atoms with Crippen molar-refractivity contribution in [2.75, 3.05) is 24.2 Å². The van der Waals surface area contributed by atoms with Gasteiger partial charge in [0.25, 0.3) is 0 Å². The van der Waals surface area contributed by atoms with Crippen LogP contribution in [-0.4, -0.2) is 23.2 Å². The zero-order valence-corrected chi connectivity index (χ0v) is 12.5. The van der Waals surface area contributed by atoms with Gasteiger partial charge in [-0.15, -0.1) is 0 Å². The van der Waals surface area contributed by atoms with E-state index in [1.165, 1.54) is 6.07 Å². The molecule has 0 aliphatic carbocycles. The zero-order valence-electron chi connectivity index (χ0n) is 12.5. The molecule has 1 heterocycles. The van der Waals surface area contributed by atoms with Gasteiger partial charge in [-0.1, -0.05) is 13.8 Å². The first-order valence-electron chi connectivity index (χ1n) is 7.12. The normalized spacial score (nSPS) is 11.8. The zero-order chi connectivity index (χ0) is 15.5. The Morgan fingerprint density at radius 3 is 2.90 bits per heavy atom. The number of aliphatic hydroxyl groups is 1. The molecule has 21 heavy (non-hydrogen) atoms. The van der Waals surface area contributed by atoms with Crippen molar-refractivity contribution in [1.82, 2.24) is 4.98 Å². The molecule has 0 unspecified atom stereocenters. The van der Waals surface area contributed by atoms with Crippen LogP contribution in [0.1, 0.15) is 26.7 Å². The van der Waals surface area contributed by atoms with Gasteiger partial charge < -0.3 is 16.2 Å². The standard InChI is InChI=1S/C16H22FN3O/c1-16(2,6-4-8-21)10-20-15-12(17)9-13(18)11-5-3-7-19-14(11)15/h3,5,7,9,20-21H,4,6,8,10,18H2,1-2H3. The maximum absolute atomic E-state index is 14.2. The van der Waals surface area contributed by atoms with Crippen molar-refractivity contribution in [1.29, 1.82) is 0 Å². The smallest absolute Gasteiger partial charge is 0.150 e. The van der Waals surface area contributed by atoms with Crippen LogP contribution in [0.25, 0.3) is 10.9 Å². The minimum absolute atomic E-state index is 0.0440. The molecule has 0 aliphatic heterocycles. The summed E-state index contributed by atoms with van der Waals surface area (Å²) in [6, 6.07) is 4.94. The number of nitrogen functional groups attached to an aromatic ring is 1. The number of rotatable bonds is 6. The number of aromatic nitrogens is 1. The van der Waals surface area contributed by atoms with Crippen LogP contribution >= 0.6 is 0 Å². The SMILES string of the molecule is CC(C)(CCCO)CNc1c(F)cc(N)c2cccnc12. The molecular formula is C16H22FN3O. The first-order chi connectivity index (χ1) is 9.94. The molecule has 114 valence electrons. The summed E-state index contributed by atoms with van der Waals surface area (Å²) >= 11 is 0. The second kappa shape index (κ2) is 6.26. The van der Waals surface area contributed by atoms with Gasteiger partial charge in [0.2, 0.25) is 0 Å². The van der Waals surface area contributed by atoms with Gasteiger partial charge in [0, 0.05) is 30.4 Å². The average Bonchev–Trinajstić information content (AvgIpc) is 2.45. The molecule has 0 amide bonds. The predicted octanol–water partition coefficient (Wildman–Crippen LogP) is 3.17. The number of aliphatic hydroxyl groups excluding tert-OH is 1. The van der Waals surface area contributed by atoms with E-state index in [4.69, 9.17) is 10.8 Å². The van der Waals surface area contributed by atoms with Crippen molar-refractivity contribution in [3.05, 3.63) is 30.2 Å². The third-order valence-electron chi connectivity index (χ3n) is 3.63. The Morgan fingerprint density at radius 1 is 1.43 bits per heavy atom. The minimum Gasteiger partial charge on any atom is -0.398 e. The van der Waals surface area contributed by atoms with E-state index in [1.54, 1.807) is 12.3 Å². The highest BCUT2D eigenvalue weighted by atomic mass is 19.1. The molecule has 4 nitrogen and oxygen atoms in total. The third kappa shape index (κ3) is 3.61. The summed E-state index contributed by atoms with van der Waals surface area (Å²) in [4.78, 5) is 4.24. The van der Waals surface area contributed by atoms with E-state index in [0.717, 1.165) is 18.2 Å². The number of benzene rings is 1. The highest BCUT2D eigenvalue weighted by Crippen LogP contribution is 2.31. The first kappa shape index (κ1) is 15.5. The molecule has 0 atom stereocenters. The second-order valence-corrected chi connectivity index (χ2v) is 6.07. The van der Waals surface area contributed by atoms with E-state index in [0.29, 0.717) is 23.4 Å². The molecular weight excluding hydrogens is 269 g/mol. The van der Waals surface area contributed by atoms with Crippen molar-refractivity contribution < 1.29 is 9.50 Å². The monoisotopic (exact) mass is 291 g/mol. The molecule has 1 aromatic heterocycles. The van der Waals surface area contributed by atoms with Gasteiger partial charge >= 0.3 is 0 Å². The number of hydrogen-bond donors (Lipinski definition) is 3. The Morgan fingerprint density at radius 2 is 2.19 bits per heavy atom. The summed E-state index contributed by atoms with van der Waals surface area (Å²) in [7, 11) is 0. The van der Waals surface area contributed by atoms with Gasteiger partial charge in [0.1, 0.15) is 0 Å². The molecule has 1 aromatic carbocycles. The number of fused-ring (bicyclic) bond motifs is 1. The molecule has 0 radical (unpaired) electrons. The highest BCUT2D eigenvalue weighted by Gasteiger charge is 2.19. The molecule has 0 fully saturated rings. The maximum atomic E-state index is 14.2. The number of anilines is 2. The van der Waals surface area contributed by atoms with E-state index in [9.17, 15) is 4.39 Å². The van der Waals surface area contributed by atoms with Gasteiger partial charge in [0.15, 0.2) is 5.82 Å². The van der Waals surface area contributed by atoms with Gasteiger partial charge in [-0.2, -0.15) is 0 Å². The van der Waals surface area contributed by atoms with E-state index in [2.05, 4.69) is 24.1 Å². The lowest BCUT2D eigenvalue weighted by Crippen LogP contribution is -2.24. The molecule has 5 heteroatoms. The van der Waals surface area contributed by atoms with Crippen LogP contribution < -0.4 is 11.1 Å². The van der Waals surface area contributed by atoms with Gasteiger partial charge in [0.05, 0.1) is 11.2 Å². The summed E-state index contributed by atoms with van der Waals surface area (Å²) in [5.74, 6) is -0.392. The summed E-state index contributed by atoms with van der Waals surface area (Å²) in [6.07, 6.45) is 3.22. The Labute approximate surface area is 124 Å². The van der Waals surface area contributed by atoms with Crippen LogP contribution in [0.5, 0.6) is 0 Å². The largest absolute Gasteiger partial charge is 0.398 e. The number of nitrogens with one attached hydrogen (secondary N) is 1. The quantitative estimate of drug-likeness (QED) is 0.715. The molecule has 4 N–H and O–H groups in total. The molecule has 0 spiro atoms. The lowest BCUT2D eigenvalue weighted by molar-refractivity contribution is 0.248. The van der Waals surface area contributed by atoms with Crippen LogP contribution in [0.15, 0.2) is 24.4 Å². The molecule has 0 aliphatic rings. The summed E-state index contributed by atoms with van der Waals surface area (Å²) in [6.45, 7) is 4.94. The Balaban J connectivity index is 2.26. The van der Waals surface area contributed by atoms with E-state index in [-0.39, 0.29) is 12.0 Å². The molecule has 2 aromatic rings. The predicted molar refractivity (Wildman–Crippen MR) is 84.7 cm³/mol.